The Bertz CT molecular complexity index is 213. The molecule has 0 bridgehead atoms. The molecule has 16 heavy (non-hydrogen) atoms. The maximum absolute atomic E-state index is 11.7. The number of carboxylic acids is 1. The maximum Gasteiger partial charge on any atom is 0.304 e. The summed E-state index contributed by atoms with van der Waals surface area (Å²) in [4.78, 5) is 23.7. The monoisotopic (exact) mass is 230 g/mol. The van der Waals surface area contributed by atoms with E-state index in [1.165, 1.54) is 0 Å². The average molecular weight is 230 g/mol. The first-order valence-electron chi connectivity index (χ1n) is 5.82. The zero-order valence-corrected chi connectivity index (χ0v) is 10.2. The van der Waals surface area contributed by atoms with Gasteiger partial charge in [0, 0.05) is 19.6 Å². The Kier molecular flexibility index (Phi) is 8.52. The Morgan fingerprint density at radius 2 is 1.75 bits per heavy atom. The van der Waals surface area contributed by atoms with Gasteiger partial charge in [-0.3, -0.25) is 9.59 Å². The molecule has 0 fully saturated rings. The van der Waals surface area contributed by atoms with E-state index >= 15 is 0 Å². The van der Waals surface area contributed by atoms with Crippen molar-refractivity contribution < 1.29 is 14.7 Å². The molecule has 0 radical (unpaired) electrons. The first-order chi connectivity index (χ1) is 7.61. The predicted octanol–water partition coefficient (Wildman–Crippen LogP) is 0.699. The van der Waals surface area contributed by atoms with Gasteiger partial charge in [0.15, 0.2) is 0 Å². The van der Waals surface area contributed by atoms with Crippen molar-refractivity contribution in [3.8, 4) is 0 Å². The van der Waals surface area contributed by atoms with Crippen LogP contribution in [0.4, 0.5) is 0 Å². The second-order valence-corrected chi connectivity index (χ2v) is 3.70. The summed E-state index contributed by atoms with van der Waals surface area (Å²) in [7, 11) is 0. The van der Waals surface area contributed by atoms with Crippen LogP contribution in [0.25, 0.3) is 0 Å². The lowest BCUT2D eigenvalue weighted by atomic mass is 10.3. The molecule has 0 aromatic rings. The third-order valence-electron chi connectivity index (χ3n) is 2.13. The summed E-state index contributed by atoms with van der Waals surface area (Å²) in [5, 5.41) is 11.3. The quantitative estimate of drug-likeness (QED) is 0.572. The predicted molar refractivity (Wildman–Crippen MR) is 62.3 cm³/mol. The molecule has 0 saturated carbocycles. The van der Waals surface area contributed by atoms with Crippen molar-refractivity contribution in [2.24, 2.45) is 0 Å². The second kappa shape index (κ2) is 9.15. The minimum absolute atomic E-state index is 0.0501. The number of hydrogen-bond donors (Lipinski definition) is 2. The van der Waals surface area contributed by atoms with E-state index in [1.54, 1.807) is 0 Å². The van der Waals surface area contributed by atoms with Crippen LogP contribution in [0.5, 0.6) is 0 Å². The molecule has 0 heterocycles. The lowest BCUT2D eigenvalue weighted by Gasteiger charge is -2.21. The fourth-order valence-corrected chi connectivity index (χ4v) is 1.40. The van der Waals surface area contributed by atoms with Gasteiger partial charge in [0.25, 0.3) is 0 Å². The summed E-state index contributed by atoms with van der Waals surface area (Å²) in [5.41, 5.74) is 0. The molecule has 5 heteroatoms. The summed E-state index contributed by atoms with van der Waals surface area (Å²) in [5.74, 6) is -0.798. The highest BCUT2D eigenvalue weighted by atomic mass is 16.4. The van der Waals surface area contributed by atoms with Crippen LogP contribution >= 0.6 is 0 Å². The van der Waals surface area contributed by atoms with Crippen molar-refractivity contribution in [2.45, 2.75) is 33.1 Å². The van der Waals surface area contributed by atoms with Gasteiger partial charge in [-0.05, 0) is 12.8 Å². The molecule has 2 N–H and O–H groups in total. The van der Waals surface area contributed by atoms with Gasteiger partial charge in [-0.15, -0.1) is 0 Å². The molecule has 94 valence electrons. The number of carboxylic acid groups (broad SMARTS) is 1. The van der Waals surface area contributed by atoms with Crippen molar-refractivity contribution in [3.05, 3.63) is 0 Å². The van der Waals surface area contributed by atoms with E-state index in [4.69, 9.17) is 5.11 Å². The Hall–Kier alpha value is -1.10. The number of carbonyl (C=O) groups is 2. The number of rotatable bonds is 9. The van der Waals surface area contributed by atoms with E-state index in [-0.39, 0.29) is 18.9 Å². The van der Waals surface area contributed by atoms with E-state index < -0.39 is 5.97 Å². The molecular formula is C11H22N2O3. The van der Waals surface area contributed by atoms with Crippen LogP contribution in [0.3, 0.4) is 0 Å². The number of nitrogens with zero attached hydrogens (tertiary/aromatic N) is 1. The van der Waals surface area contributed by atoms with Gasteiger partial charge in [0.2, 0.25) is 5.91 Å². The van der Waals surface area contributed by atoms with Crippen LogP contribution < -0.4 is 5.32 Å². The Labute approximate surface area is 96.8 Å². The highest BCUT2D eigenvalue weighted by Crippen LogP contribution is 1.94. The van der Waals surface area contributed by atoms with Gasteiger partial charge in [0.05, 0.1) is 13.0 Å². The van der Waals surface area contributed by atoms with Gasteiger partial charge in [-0.1, -0.05) is 13.8 Å². The highest BCUT2D eigenvalue weighted by Gasteiger charge is 2.10. The van der Waals surface area contributed by atoms with Gasteiger partial charge >= 0.3 is 5.97 Å². The Morgan fingerprint density at radius 3 is 2.19 bits per heavy atom. The van der Waals surface area contributed by atoms with Crippen LogP contribution in [-0.2, 0) is 9.59 Å². The summed E-state index contributed by atoms with van der Waals surface area (Å²) in [6.45, 7) is 6.18. The van der Waals surface area contributed by atoms with Crippen molar-refractivity contribution in [2.75, 3.05) is 26.2 Å². The van der Waals surface area contributed by atoms with Crippen LogP contribution in [0.2, 0.25) is 0 Å². The molecule has 1 amide bonds. The van der Waals surface area contributed by atoms with E-state index in [2.05, 4.69) is 5.32 Å². The van der Waals surface area contributed by atoms with Crippen molar-refractivity contribution in [1.29, 1.82) is 0 Å². The van der Waals surface area contributed by atoms with Crippen LogP contribution in [0, 0.1) is 0 Å². The summed E-state index contributed by atoms with van der Waals surface area (Å²) >= 11 is 0. The molecule has 0 aliphatic heterocycles. The molecule has 0 aromatic heterocycles. The van der Waals surface area contributed by atoms with Gasteiger partial charge in [-0.2, -0.15) is 0 Å². The second-order valence-electron chi connectivity index (χ2n) is 3.70. The minimum atomic E-state index is -0.848. The van der Waals surface area contributed by atoms with Gasteiger partial charge < -0.3 is 15.3 Å². The third-order valence-corrected chi connectivity index (χ3v) is 2.13. The third kappa shape index (κ3) is 7.23. The molecule has 0 aliphatic carbocycles. The number of carbonyl (C=O) groups excluding carboxylic acids is 1. The van der Waals surface area contributed by atoms with Crippen LogP contribution in [-0.4, -0.2) is 48.1 Å². The first kappa shape index (κ1) is 14.9. The smallest absolute Gasteiger partial charge is 0.304 e. The van der Waals surface area contributed by atoms with E-state index in [1.807, 2.05) is 18.7 Å². The molecule has 0 unspecified atom stereocenters. The lowest BCUT2D eigenvalue weighted by Crippen LogP contribution is -2.39. The molecule has 0 aliphatic rings. The summed E-state index contributed by atoms with van der Waals surface area (Å²) in [6, 6.07) is 0. The Balaban J connectivity index is 3.77. The molecule has 0 aromatic carbocycles. The van der Waals surface area contributed by atoms with Crippen LogP contribution in [0.1, 0.15) is 33.1 Å². The molecule has 0 spiro atoms. The van der Waals surface area contributed by atoms with Gasteiger partial charge in [0.1, 0.15) is 0 Å². The summed E-state index contributed by atoms with van der Waals surface area (Å²) in [6.07, 6.45) is 1.94. The largest absolute Gasteiger partial charge is 0.481 e. The molecule has 0 atom stereocenters. The number of nitrogens with one attached hydrogen (secondary N) is 1. The van der Waals surface area contributed by atoms with Gasteiger partial charge in [-0.25, -0.2) is 0 Å². The number of aliphatic carboxylic acids is 1. The summed E-state index contributed by atoms with van der Waals surface area (Å²) < 4.78 is 0. The number of hydrogen-bond acceptors (Lipinski definition) is 3. The molecule has 0 saturated heterocycles. The fraction of sp³-hybridized carbons (Fsp3) is 0.818. The standard InChI is InChI=1S/C11H22N2O3/c1-3-7-13(8-4-2)10(14)9-12-6-5-11(15)16/h12H,3-9H2,1-2H3,(H,15,16). The Morgan fingerprint density at radius 1 is 1.19 bits per heavy atom. The zero-order valence-electron chi connectivity index (χ0n) is 10.2. The lowest BCUT2D eigenvalue weighted by molar-refractivity contribution is -0.137. The van der Waals surface area contributed by atoms with Crippen molar-refractivity contribution in [3.63, 3.8) is 0 Å². The van der Waals surface area contributed by atoms with Crippen LogP contribution in [0.15, 0.2) is 0 Å². The fourth-order valence-electron chi connectivity index (χ4n) is 1.40. The molecule has 5 nitrogen and oxygen atoms in total. The zero-order chi connectivity index (χ0) is 12.4. The number of amides is 1. The highest BCUT2D eigenvalue weighted by molar-refractivity contribution is 5.78. The van der Waals surface area contributed by atoms with E-state index in [9.17, 15) is 9.59 Å². The molecular weight excluding hydrogens is 208 g/mol. The topological polar surface area (TPSA) is 69.6 Å². The van der Waals surface area contributed by atoms with E-state index in [0.717, 1.165) is 25.9 Å². The maximum atomic E-state index is 11.7. The SMILES string of the molecule is CCCN(CCC)C(=O)CNCCC(=O)O. The van der Waals surface area contributed by atoms with Crippen molar-refractivity contribution in [1.82, 2.24) is 10.2 Å². The van der Waals surface area contributed by atoms with E-state index in [0.29, 0.717) is 6.54 Å². The van der Waals surface area contributed by atoms with Crippen molar-refractivity contribution >= 4 is 11.9 Å². The first-order valence-corrected chi connectivity index (χ1v) is 5.82. The normalized spacial score (nSPS) is 10.1. The molecule has 0 rings (SSSR count). The average Bonchev–Trinajstić information content (AvgIpc) is 2.23. The minimum Gasteiger partial charge on any atom is -0.481 e.